The molecule has 1 unspecified atom stereocenters. The Bertz CT molecular complexity index is 915. The summed E-state index contributed by atoms with van der Waals surface area (Å²) >= 11 is 2.88. The van der Waals surface area contributed by atoms with Crippen LogP contribution in [-0.4, -0.2) is 54.8 Å². The molecular weight excluding hydrogens is 420 g/mol. The van der Waals surface area contributed by atoms with Crippen molar-refractivity contribution < 1.29 is 17.9 Å². The summed E-state index contributed by atoms with van der Waals surface area (Å²) in [7, 11) is -2.13. The van der Waals surface area contributed by atoms with Crippen LogP contribution in [0, 0.1) is 5.92 Å². The zero-order valence-corrected chi connectivity index (χ0v) is 18.1. The van der Waals surface area contributed by atoms with Crippen LogP contribution in [0.3, 0.4) is 0 Å². The van der Waals surface area contributed by atoms with E-state index in [9.17, 15) is 13.2 Å². The van der Waals surface area contributed by atoms with E-state index >= 15 is 0 Å². The number of sulfonamides is 1. The SMILES string of the molecule is CCSc1nnc(NC(=O)C2CCCN(S(=O)(=O)c3ccc(OC)cc3)C2)s1. The van der Waals surface area contributed by atoms with E-state index in [2.05, 4.69) is 15.5 Å². The van der Waals surface area contributed by atoms with E-state index in [-0.39, 0.29) is 17.3 Å². The third-order valence-corrected chi connectivity index (χ3v) is 8.09. The fraction of sp³-hybridized carbons (Fsp3) is 0.471. The Morgan fingerprint density at radius 3 is 2.79 bits per heavy atom. The predicted octanol–water partition coefficient (Wildman–Crippen LogP) is 2.70. The zero-order valence-electron chi connectivity index (χ0n) is 15.6. The fourth-order valence-corrected chi connectivity index (χ4v) is 6.10. The van der Waals surface area contributed by atoms with E-state index in [0.717, 1.165) is 10.1 Å². The molecule has 0 aliphatic carbocycles. The van der Waals surface area contributed by atoms with Crippen LogP contribution < -0.4 is 10.1 Å². The molecule has 1 atom stereocenters. The number of nitrogens with one attached hydrogen (secondary N) is 1. The highest BCUT2D eigenvalue weighted by molar-refractivity contribution is 8.01. The van der Waals surface area contributed by atoms with Gasteiger partial charge in [0, 0.05) is 13.1 Å². The highest BCUT2D eigenvalue weighted by atomic mass is 32.2. The number of methoxy groups -OCH3 is 1. The van der Waals surface area contributed by atoms with Crippen molar-refractivity contribution in [3.8, 4) is 5.75 Å². The number of thioether (sulfide) groups is 1. The molecule has 1 fully saturated rings. The van der Waals surface area contributed by atoms with Crippen molar-refractivity contribution in [2.45, 2.75) is 29.0 Å². The molecule has 0 bridgehead atoms. The summed E-state index contributed by atoms with van der Waals surface area (Å²) in [6.07, 6.45) is 1.26. The van der Waals surface area contributed by atoms with Crippen molar-refractivity contribution in [1.82, 2.24) is 14.5 Å². The van der Waals surface area contributed by atoms with E-state index in [4.69, 9.17) is 4.74 Å². The maximum Gasteiger partial charge on any atom is 0.243 e. The van der Waals surface area contributed by atoms with Gasteiger partial charge in [-0.3, -0.25) is 4.79 Å². The summed E-state index contributed by atoms with van der Waals surface area (Å²) < 4.78 is 33.1. The van der Waals surface area contributed by atoms with Crippen LogP contribution in [0.2, 0.25) is 0 Å². The van der Waals surface area contributed by atoms with Crippen LogP contribution in [-0.2, 0) is 14.8 Å². The van der Waals surface area contributed by atoms with Gasteiger partial charge in [0.25, 0.3) is 0 Å². The third-order valence-electron chi connectivity index (χ3n) is 4.36. The van der Waals surface area contributed by atoms with Gasteiger partial charge in [0.1, 0.15) is 5.75 Å². The van der Waals surface area contributed by atoms with Crippen LogP contribution in [0.25, 0.3) is 0 Å². The summed E-state index contributed by atoms with van der Waals surface area (Å²) in [5, 5.41) is 11.2. The van der Waals surface area contributed by atoms with Crippen molar-refractivity contribution in [3.63, 3.8) is 0 Å². The Morgan fingerprint density at radius 2 is 2.11 bits per heavy atom. The number of nitrogens with zero attached hydrogens (tertiary/aromatic N) is 3. The minimum absolute atomic E-state index is 0.148. The molecule has 1 aliphatic rings. The van der Waals surface area contributed by atoms with E-state index in [1.165, 1.54) is 34.9 Å². The molecule has 1 aromatic heterocycles. The van der Waals surface area contributed by atoms with Crippen molar-refractivity contribution >= 4 is 44.2 Å². The van der Waals surface area contributed by atoms with Crippen LogP contribution in [0.15, 0.2) is 33.5 Å². The van der Waals surface area contributed by atoms with Crippen molar-refractivity contribution in [3.05, 3.63) is 24.3 Å². The van der Waals surface area contributed by atoms with Crippen molar-refractivity contribution in [2.24, 2.45) is 5.92 Å². The second-order valence-electron chi connectivity index (χ2n) is 6.17. The van der Waals surface area contributed by atoms with Crippen LogP contribution >= 0.6 is 23.1 Å². The average molecular weight is 443 g/mol. The quantitative estimate of drug-likeness (QED) is 0.520. The summed E-state index contributed by atoms with van der Waals surface area (Å²) in [5.41, 5.74) is 0. The van der Waals surface area contributed by atoms with E-state index < -0.39 is 15.9 Å². The number of carbonyl (C=O) groups is 1. The normalized spacial score (nSPS) is 18.0. The molecule has 3 rings (SSSR count). The Kier molecular flexibility index (Phi) is 6.91. The van der Waals surface area contributed by atoms with Gasteiger partial charge in [0.2, 0.25) is 21.1 Å². The first-order valence-electron chi connectivity index (χ1n) is 8.85. The van der Waals surface area contributed by atoms with Gasteiger partial charge >= 0.3 is 0 Å². The molecule has 1 amide bonds. The summed E-state index contributed by atoms with van der Waals surface area (Å²) in [6, 6.07) is 6.27. The second-order valence-corrected chi connectivity index (χ2v) is 10.6. The van der Waals surface area contributed by atoms with Crippen molar-refractivity contribution in [1.29, 1.82) is 0 Å². The number of hydrogen-bond acceptors (Lipinski definition) is 8. The smallest absolute Gasteiger partial charge is 0.243 e. The third kappa shape index (κ3) is 4.83. The molecular formula is C17H22N4O4S3. The Labute approximate surface area is 172 Å². The zero-order chi connectivity index (χ0) is 20.1. The number of carbonyl (C=O) groups excluding carboxylic acids is 1. The van der Waals surface area contributed by atoms with E-state index in [1.54, 1.807) is 23.9 Å². The van der Waals surface area contributed by atoms with Gasteiger partial charge in [-0.2, -0.15) is 4.31 Å². The molecule has 28 heavy (non-hydrogen) atoms. The average Bonchev–Trinajstić information content (AvgIpc) is 3.15. The molecule has 2 aromatic rings. The van der Waals surface area contributed by atoms with Gasteiger partial charge in [-0.25, -0.2) is 8.42 Å². The molecule has 0 spiro atoms. The molecule has 11 heteroatoms. The number of anilines is 1. The molecule has 0 radical (unpaired) electrons. The lowest BCUT2D eigenvalue weighted by molar-refractivity contribution is -0.120. The Hall–Kier alpha value is -1.69. The Morgan fingerprint density at radius 1 is 1.36 bits per heavy atom. The number of piperidine rings is 1. The first-order chi connectivity index (χ1) is 13.4. The number of hydrogen-bond donors (Lipinski definition) is 1. The number of aromatic nitrogens is 2. The number of rotatable bonds is 7. The van der Waals surface area contributed by atoms with Gasteiger partial charge in [-0.1, -0.05) is 30.0 Å². The highest BCUT2D eigenvalue weighted by Crippen LogP contribution is 2.28. The minimum atomic E-state index is -3.66. The first-order valence-corrected chi connectivity index (χ1v) is 12.1. The highest BCUT2D eigenvalue weighted by Gasteiger charge is 2.33. The summed E-state index contributed by atoms with van der Waals surface area (Å²) in [6.45, 7) is 2.56. The van der Waals surface area contributed by atoms with Crippen LogP contribution in [0.4, 0.5) is 5.13 Å². The molecule has 8 nitrogen and oxygen atoms in total. The summed E-state index contributed by atoms with van der Waals surface area (Å²) in [4.78, 5) is 12.8. The molecule has 1 aliphatic heterocycles. The number of ether oxygens (including phenoxy) is 1. The lowest BCUT2D eigenvalue weighted by Crippen LogP contribution is -2.43. The van der Waals surface area contributed by atoms with Crippen LogP contribution in [0.5, 0.6) is 5.75 Å². The molecule has 0 saturated carbocycles. The maximum atomic E-state index is 12.9. The van der Waals surface area contributed by atoms with Gasteiger partial charge in [-0.15, -0.1) is 10.2 Å². The molecule has 1 saturated heterocycles. The van der Waals surface area contributed by atoms with Crippen LogP contribution in [0.1, 0.15) is 19.8 Å². The largest absolute Gasteiger partial charge is 0.497 e. The lowest BCUT2D eigenvalue weighted by Gasteiger charge is -2.31. The van der Waals surface area contributed by atoms with Gasteiger partial charge < -0.3 is 10.1 Å². The first kappa shape index (κ1) is 21.0. The minimum Gasteiger partial charge on any atom is -0.497 e. The Balaban J connectivity index is 1.67. The second kappa shape index (κ2) is 9.21. The van der Waals surface area contributed by atoms with Gasteiger partial charge in [-0.05, 0) is 42.9 Å². The lowest BCUT2D eigenvalue weighted by atomic mass is 9.99. The molecule has 2 heterocycles. The number of benzene rings is 1. The monoisotopic (exact) mass is 442 g/mol. The van der Waals surface area contributed by atoms with E-state index in [0.29, 0.717) is 30.3 Å². The van der Waals surface area contributed by atoms with E-state index in [1.807, 2.05) is 6.92 Å². The number of amides is 1. The van der Waals surface area contributed by atoms with Gasteiger partial charge in [0.15, 0.2) is 4.34 Å². The molecule has 152 valence electrons. The molecule has 1 aromatic carbocycles. The summed E-state index contributed by atoms with van der Waals surface area (Å²) in [5.74, 6) is 0.822. The van der Waals surface area contributed by atoms with Crippen molar-refractivity contribution in [2.75, 3.05) is 31.3 Å². The predicted molar refractivity (Wildman–Crippen MR) is 109 cm³/mol. The maximum absolute atomic E-state index is 12.9. The molecule has 1 N–H and O–H groups in total. The topological polar surface area (TPSA) is 101 Å². The van der Waals surface area contributed by atoms with Gasteiger partial charge in [0.05, 0.1) is 17.9 Å². The standard InChI is InChI=1S/C17H22N4O4S3/c1-3-26-17-20-19-16(27-17)18-15(22)12-5-4-10-21(11-12)28(23,24)14-8-6-13(25-2)7-9-14/h6-9,12H,3-5,10-11H2,1-2H3,(H,18,19,22). The fourth-order valence-electron chi connectivity index (χ4n) is 2.92.